The third kappa shape index (κ3) is 7.05. The predicted octanol–water partition coefficient (Wildman–Crippen LogP) is 0.226. The molecule has 0 bridgehead atoms. The monoisotopic (exact) mass is 337 g/mol. The summed E-state index contributed by atoms with van der Waals surface area (Å²) in [5, 5.41) is 3.03. The summed E-state index contributed by atoms with van der Waals surface area (Å²) in [4.78, 5) is 9.95. The third-order valence-corrected chi connectivity index (χ3v) is 4.08. The minimum atomic E-state index is -2.62. The van der Waals surface area contributed by atoms with Gasteiger partial charge in [0.1, 0.15) is 14.3 Å². The molecule has 122 valence electrons. The quantitative estimate of drug-likeness (QED) is 0.355. The molecule has 1 heterocycles. The Morgan fingerprint density at radius 3 is 2.62 bits per heavy atom. The molecule has 0 saturated carbocycles. The molecule has 1 aliphatic rings. The van der Waals surface area contributed by atoms with Crippen molar-refractivity contribution in [2.75, 3.05) is 33.6 Å². The summed E-state index contributed by atoms with van der Waals surface area (Å²) >= 11 is 5.08. The van der Waals surface area contributed by atoms with Gasteiger partial charge in [0.05, 0.1) is 44.2 Å². The van der Waals surface area contributed by atoms with Crippen molar-refractivity contribution < 1.29 is 23.8 Å². The van der Waals surface area contributed by atoms with E-state index in [1.807, 2.05) is 13.8 Å². The van der Waals surface area contributed by atoms with E-state index >= 15 is 0 Å². The highest BCUT2D eigenvalue weighted by atomic mass is 32.4. The molecular weight excluding hydrogens is 312 g/mol. The van der Waals surface area contributed by atoms with Crippen LogP contribution in [0.3, 0.4) is 0 Å². The van der Waals surface area contributed by atoms with Crippen molar-refractivity contribution >= 4 is 26.1 Å². The van der Waals surface area contributed by atoms with Gasteiger partial charge in [-0.3, -0.25) is 5.09 Å². The summed E-state index contributed by atoms with van der Waals surface area (Å²) in [6.45, 7) is 6.70. The summed E-state index contributed by atoms with van der Waals surface area (Å²) in [5.41, 5.74) is 0. The van der Waals surface area contributed by atoms with Crippen LogP contribution in [0.4, 0.5) is 0 Å². The van der Waals surface area contributed by atoms with Crippen molar-refractivity contribution in [3.63, 3.8) is 0 Å². The molecule has 1 rings (SSSR count). The first kappa shape index (κ1) is 19.5. The second-order valence-corrected chi connectivity index (χ2v) is 9.53. The van der Waals surface area contributed by atoms with E-state index in [2.05, 4.69) is 5.09 Å². The molecule has 2 N–H and O–H groups in total. The van der Waals surface area contributed by atoms with Gasteiger partial charge in [-0.1, -0.05) is 11.8 Å². The van der Waals surface area contributed by atoms with Crippen molar-refractivity contribution in [3.8, 4) is 0 Å². The number of methoxy groups -OCH3 is 1. The summed E-state index contributed by atoms with van der Waals surface area (Å²) in [6.07, 6.45) is -3.26. The van der Waals surface area contributed by atoms with Crippen LogP contribution in [0.2, 0.25) is 0 Å². The fourth-order valence-electron chi connectivity index (χ4n) is 2.11. The van der Waals surface area contributed by atoms with Crippen molar-refractivity contribution in [1.82, 2.24) is 5.09 Å². The zero-order chi connectivity index (χ0) is 16.0. The van der Waals surface area contributed by atoms with Gasteiger partial charge in [0.25, 0.3) is 0 Å². The molecule has 0 spiro atoms. The van der Waals surface area contributed by atoms with Gasteiger partial charge in [-0.15, -0.1) is 0 Å². The van der Waals surface area contributed by atoms with E-state index < -0.39 is 18.5 Å². The standard InChI is InChI=1S/C12H25BNO5PS/c1-8(2)18-7-9-10(14-20(4,15)21)11(12(13)19-9)17-6-5-16-3/h8-12H,5-7H2,1-4H3,(H2,14,15,21). The van der Waals surface area contributed by atoms with Gasteiger partial charge in [0.2, 0.25) is 0 Å². The van der Waals surface area contributed by atoms with Crippen LogP contribution in [0.1, 0.15) is 13.8 Å². The largest absolute Gasteiger partial charge is 0.382 e. The number of hydrogen-bond donors (Lipinski definition) is 2. The first-order valence-corrected chi connectivity index (χ1v) is 10.2. The number of rotatable bonds is 9. The average Bonchev–Trinajstić information content (AvgIpc) is 2.62. The van der Waals surface area contributed by atoms with Gasteiger partial charge in [0.15, 0.2) is 0 Å². The molecule has 5 atom stereocenters. The van der Waals surface area contributed by atoms with Gasteiger partial charge in [-0.25, -0.2) is 0 Å². The molecule has 0 amide bonds. The summed E-state index contributed by atoms with van der Waals surface area (Å²) < 4.78 is 22.0. The molecule has 1 fully saturated rings. The first-order chi connectivity index (χ1) is 9.74. The van der Waals surface area contributed by atoms with Crippen molar-refractivity contribution in [3.05, 3.63) is 0 Å². The SMILES string of the molecule is [B]C1OC(COC(C)C)C(NP(C)(O)=S)C1OCCOC. The van der Waals surface area contributed by atoms with E-state index in [0.29, 0.717) is 19.8 Å². The lowest BCUT2D eigenvalue weighted by molar-refractivity contribution is -0.0273. The zero-order valence-corrected chi connectivity index (χ0v) is 14.7. The maximum absolute atomic E-state index is 9.95. The van der Waals surface area contributed by atoms with Crippen molar-refractivity contribution in [1.29, 1.82) is 0 Å². The Balaban J connectivity index is 2.71. The molecule has 0 aromatic carbocycles. The van der Waals surface area contributed by atoms with Crippen molar-refractivity contribution in [2.24, 2.45) is 0 Å². The maximum atomic E-state index is 9.95. The smallest absolute Gasteiger partial charge is 0.124 e. The molecule has 1 aliphatic heterocycles. The van der Waals surface area contributed by atoms with Crippen LogP contribution in [0.15, 0.2) is 0 Å². The van der Waals surface area contributed by atoms with E-state index in [0.717, 1.165) is 0 Å². The molecule has 0 aliphatic carbocycles. The highest BCUT2D eigenvalue weighted by Gasteiger charge is 2.44. The van der Waals surface area contributed by atoms with Crippen LogP contribution < -0.4 is 5.09 Å². The highest BCUT2D eigenvalue weighted by Crippen LogP contribution is 2.35. The van der Waals surface area contributed by atoms with Crippen LogP contribution in [0, 0.1) is 0 Å². The fraction of sp³-hybridized carbons (Fsp3) is 1.00. The van der Waals surface area contributed by atoms with E-state index in [1.54, 1.807) is 13.8 Å². The van der Waals surface area contributed by atoms with Gasteiger partial charge < -0.3 is 23.8 Å². The molecule has 0 aromatic heterocycles. The highest BCUT2D eigenvalue weighted by molar-refractivity contribution is 8.10. The number of hydrogen-bond acceptors (Lipinski definition) is 5. The lowest BCUT2D eigenvalue weighted by atomic mass is 9.92. The number of nitrogens with one attached hydrogen (secondary N) is 1. The van der Waals surface area contributed by atoms with E-state index in [1.165, 1.54) is 0 Å². The summed E-state index contributed by atoms with van der Waals surface area (Å²) in [6, 6.07) is -0.905. The Labute approximate surface area is 133 Å². The Kier molecular flexibility index (Phi) is 8.31. The van der Waals surface area contributed by atoms with Gasteiger partial charge in [-0.2, -0.15) is 0 Å². The van der Waals surface area contributed by atoms with E-state index in [9.17, 15) is 4.89 Å². The molecular formula is C12H25BNO5PS. The van der Waals surface area contributed by atoms with Crippen LogP contribution in [-0.2, 0) is 30.8 Å². The fourth-order valence-corrected chi connectivity index (χ4v) is 3.34. The van der Waals surface area contributed by atoms with Crippen molar-refractivity contribution in [2.45, 2.75) is 44.2 Å². The third-order valence-electron chi connectivity index (χ3n) is 2.99. The average molecular weight is 337 g/mol. The van der Waals surface area contributed by atoms with E-state index in [-0.39, 0.29) is 18.2 Å². The molecule has 6 nitrogen and oxygen atoms in total. The van der Waals surface area contributed by atoms with Gasteiger partial charge in [0, 0.05) is 19.8 Å². The second-order valence-electron chi connectivity index (χ2n) is 5.38. The van der Waals surface area contributed by atoms with Gasteiger partial charge in [-0.05, 0) is 13.8 Å². The minimum Gasteiger partial charge on any atom is -0.382 e. The molecule has 0 aromatic rings. The summed E-state index contributed by atoms with van der Waals surface area (Å²) in [5.74, 6) is 0. The molecule has 9 heteroatoms. The molecule has 2 radical (unpaired) electrons. The van der Waals surface area contributed by atoms with Crippen LogP contribution in [-0.4, -0.2) is 76.7 Å². The lowest BCUT2D eigenvalue weighted by Crippen LogP contribution is -2.46. The number of ether oxygens (including phenoxy) is 4. The maximum Gasteiger partial charge on any atom is 0.124 e. The lowest BCUT2D eigenvalue weighted by Gasteiger charge is -2.28. The molecule has 21 heavy (non-hydrogen) atoms. The normalized spacial score (nSPS) is 32.5. The topological polar surface area (TPSA) is 69.2 Å². The molecule has 5 unspecified atom stereocenters. The minimum absolute atomic E-state index is 0.0812. The van der Waals surface area contributed by atoms with Gasteiger partial charge >= 0.3 is 0 Å². The van der Waals surface area contributed by atoms with Crippen LogP contribution in [0.25, 0.3) is 0 Å². The predicted molar refractivity (Wildman–Crippen MR) is 86.5 cm³/mol. The zero-order valence-electron chi connectivity index (χ0n) is 13.0. The Morgan fingerprint density at radius 1 is 1.43 bits per heavy atom. The Bertz CT molecular complexity index is 357. The van der Waals surface area contributed by atoms with E-state index in [4.69, 9.17) is 38.6 Å². The van der Waals surface area contributed by atoms with Crippen LogP contribution >= 0.6 is 6.42 Å². The Morgan fingerprint density at radius 2 is 2.10 bits per heavy atom. The first-order valence-electron chi connectivity index (χ1n) is 6.96. The molecule has 1 saturated heterocycles. The Hall–Kier alpha value is 0.475. The van der Waals surface area contributed by atoms with Crippen LogP contribution in [0.5, 0.6) is 0 Å². The second kappa shape index (κ2) is 8.94. The summed E-state index contributed by atoms with van der Waals surface area (Å²) in [7, 11) is 7.58.